The van der Waals surface area contributed by atoms with Crippen LogP contribution >= 0.6 is 0 Å². The number of carbonyl (C=O) groups excluding carboxylic acids is 4. The minimum atomic E-state index is -3.06. The molecule has 1 heterocycles. The Labute approximate surface area is 165 Å². The molecule has 0 radical (unpaired) electrons. The molecule has 1 N–H and O–H groups in total. The monoisotopic (exact) mass is 410 g/mol. The Morgan fingerprint density at radius 3 is 2.34 bits per heavy atom. The number of alkyl halides is 2. The zero-order chi connectivity index (χ0) is 21.0. The molecule has 1 saturated heterocycles. The summed E-state index contributed by atoms with van der Waals surface area (Å²) in [5, 5.41) is 2.30. The Bertz CT molecular complexity index is 792. The maximum atomic E-state index is 12.4. The van der Waals surface area contributed by atoms with Crippen molar-refractivity contribution in [2.45, 2.75) is 32.3 Å². The number of rotatable bonds is 7. The summed E-state index contributed by atoms with van der Waals surface area (Å²) < 4.78 is 33.9. The number of anilines is 1. The molecule has 1 aromatic rings. The van der Waals surface area contributed by atoms with Crippen molar-refractivity contribution in [1.29, 1.82) is 0 Å². The topological polar surface area (TPSA) is 102 Å². The predicted octanol–water partition coefficient (Wildman–Crippen LogP) is 1.94. The van der Waals surface area contributed by atoms with Crippen LogP contribution in [0.3, 0.4) is 0 Å². The number of nitrogens with zero attached hydrogens (tertiary/aromatic N) is 1. The smallest absolute Gasteiger partial charge is 0.387 e. The van der Waals surface area contributed by atoms with E-state index < -0.39 is 31.6 Å². The maximum Gasteiger partial charge on any atom is 0.387 e. The zero-order valence-electron chi connectivity index (χ0n) is 15.4. The molecular formula is C19H20F2N2O6. The first-order valence-electron chi connectivity index (χ1n) is 9.21. The average Bonchev–Trinajstić information content (AvgIpc) is 2.93. The van der Waals surface area contributed by atoms with Gasteiger partial charge in [0.05, 0.1) is 17.5 Å². The van der Waals surface area contributed by atoms with Gasteiger partial charge in [0, 0.05) is 0 Å². The molecular weight excluding hydrogens is 390 g/mol. The lowest BCUT2D eigenvalue weighted by Gasteiger charge is -2.19. The van der Waals surface area contributed by atoms with Gasteiger partial charge in [-0.3, -0.25) is 24.1 Å². The summed E-state index contributed by atoms with van der Waals surface area (Å²) in [7, 11) is 0. The van der Waals surface area contributed by atoms with E-state index >= 15 is 0 Å². The highest BCUT2D eigenvalue weighted by Crippen LogP contribution is 2.37. The van der Waals surface area contributed by atoms with Gasteiger partial charge in [-0.15, -0.1) is 0 Å². The average molecular weight is 410 g/mol. The summed E-state index contributed by atoms with van der Waals surface area (Å²) in [5.41, 5.74) is -0.0113. The van der Waals surface area contributed by atoms with Gasteiger partial charge >= 0.3 is 12.6 Å². The van der Waals surface area contributed by atoms with Crippen LogP contribution in [0.15, 0.2) is 24.3 Å². The standard InChI is InChI=1S/C19H20F2N2O6/c20-19(21)29-14-8-4-3-7-13(14)22-15(24)10-28-16(25)9-23-17(26)11-5-1-2-6-12(11)18(23)27/h3-4,7-8,11-12,19H,1-2,5-6,9-10H2,(H,22,24)/t11-,12+. The van der Waals surface area contributed by atoms with Gasteiger partial charge < -0.3 is 14.8 Å². The third-order valence-electron chi connectivity index (χ3n) is 4.96. The van der Waals surface area contributed by atoms with E-state index in [1.807, 2.05) is 0 Å². The lowest BCUT2D eigenvalue weighted by molar-refractivity contribution is -0.154. The number of nitrogens with one attached hydrogen (secondary N) is 1. The number of hydrogen-bond donors (Lipinski definition) is 1. The number of para-hydroxylation sites is 2. The number of halogens is 2. The van der Waals surface area contributed by atoms with Crippen LogP contribution in [-0.4, -0.2) is 48.4 Å². The number of amides is 3. The minimum Gasteiger partial charge on any atom is -0.454 e. The molecule has 1 aromatic carbocycles. The first kappa shape index (κ1) is 20.7. The van der Waals surface area contributed by atoms with Crippen molar-refractivity contribution in [3.63, 3.8) is 0 Å². The van der Waals surface area contributed by atoms with Gasteiger partial charge in [0.25, 0.3) is 5.91 Å². The molecule has 2 aliphatic rings. The highest BCUT2D eigenvalue weighted by Gasteiger charge is 2.48. The van der Waals surface area contributed by atoms with E-state index in [9.17, 15) is 28.0 Å². The SMILES string of the molecule is O=C(COC(=O)CN1C(=O)[C@H]2CCCC[C@H]2C1=O)Nc1ccccc1OC(F)F. The number of benzene rings is 1. The Hall–Kier alpha value is -3.04. The van der Waals surface area contributed by atoms with Crippen molar-refractivity contribution in [2.75, 3.05) is 18.5 Å². The lowest BCUT2D eigenvalue weighted by Crippen LogP contribution is -2.37. The second-order valence-electron chi connectivity index (χ2n) is 6.84. The number of fused-ring (bicyclic) bond motifs is 1. The van der Waals surface area contributed by atoms with Gasteiger partial charge in [-0.25, -0.2) is 0 Å². The second-order valence-corrected chi connectivity index (χ2v) is 6.84. The van der Waals surface area contributed by atoms with E-state index in [2.05, 4.69) is 10.1 Å². The molecule has 3 rings (SSSR count). The van der Waals surface area contributed by atoms with Gasteiger partial charge in [0.2, 0.25) is 11.8 Å². The van der Waals surface area contributed by atoms with E-state index in [0.29, 0.717) is 12.8 Å². The Morgan fingerprint density at radius 1 is 1.10 bits per heavy atom. The third kappa shape index (κ3) is 4.87. The molecule has 2 fully saturated rings. The number of hydrogen-bond acceptors (Lipinski definition) is 6. The van der Waals surface area contributed by atoms with Crippen LogP contribution in [0.5, 0.6) is 5.75 Å². The number of ether oxygens (including phenoxy) is 2. The quantitative estimate of drug-likeness (QED) is 0.545. The fourth-order valence-corrected chi connectivity index (χ4v) is 3.66. The molecule has 0 bridgehead atoms. The minimum absolute atomic E-state index is 0.0113. The molecule has 0 aromatic heterocycles. The first-order valence-corrected chi connectivity index (χ1v) is 9.21. The van der Waals surface area contributed by atoms with Crippen molar-refractivity contribution < 1.29 is 37.4 Å². The van der Waals surface area contributed by atoms with Crippen LogP contribution in [0.25, 0.3) is 0 Å². The summed E-state index contributed by atoms with van der Waals surface area (Å²) in [6, 6.07) is 5.55. The fraction of sp³-hybridized carbons (Fsp3) is 0.474. The largest absolute Gasteiger partial charge is 0.454 e. The van der Waals surface area contributed by atoms with E-state index in [-0.39, 0.29) is 35.1 Å². The van der Waals surface area contributed by atoms with Crippen molar-refractivity contribution in [3.05, 3.63) is 24.3 Å². The van der Waals surface area contributed by atoms with Crippen LogP contribution in [-0.2, 0) is 23.9 Å². The molecule has 29 heavy (non-hydrogen) atoms. The van der Waals surface area contributed by atoms with Gasteiger partial charge in [-0.05, 0) is 25.0 Å². The molecule has 1 aliphatic heterocycles. The van der Waals surface area contributed by atoms with E-state index in [1.165, 1.54) is 24.3 Å². The van der Waals surface area contributed by atoms with Gasteiger partial charge in [-0.2, -0.15) is 8.78 Å². The Balaban J connectivity index is 1.50. The number of esters is 1. The van der Waals surface area contributed by atoms with E-state index in [0.717, 1.165) is 17.7 Å². The molecule has 0 spiro atoms. The Kier molecular flexibility index (Phi) is 6.40. The second kappa shape index (κ2) is 8.97. The molecule has 1 aliphatic carbocycles. The van der Waals surface area contributed by atoms with Crippen LogP contribution in [0.1, 0.15) is 25.7 Å². The van der Waals surface area contributed by atoms with Crippen molar-refractivity contribution in [2.24, 2.45) is 11.8 Å². The predicted molar refractivity (Wildman–Crippen MR) is 94.8 cm³/mol. The highest BCUT2D eigenvalue weighted by atomic mass is 19.3. The number of carbonyl (C=O) groups is 4. The molecule has 10 heteroatoms. The summed E-state index contributed by atoms with van der Waals surface area (Å²) >= 11 is 0. The van der Waals surface area contributed by atoms with Gasteiger partial charge in [0.15, 0.2) is 6.61 Å². The van der Waals surface area contributed by atoms with Gasteiger partial charge in [-0.1, -0.05) is 25.0 Å². The van der Waals surface area contributed by atoms with E-state index in [4.69, 9.17) is 4.74 Å². The van der Waals surface area contributed by atoms with Crippen molar-refractivity contribution in [1.82, 2.24) is 4.90 Å². The Morgan fingerprint density at radius 2 is 1.72 bits per heavy atom. The van der Waals surface area contributed by atoms with Crippen molar-refractivity contribution in [3.8, 4) is 5.75 Å². The molecule has 2 atom stereocenters. The summed E-state index contributed by atoms with van der Waals surface area (Å²) in [4.78, 5) is 49.5. The molecule has 0 unspecified atom stereocenters. The van der Waals surface area contributed by atoms with Crippen LogP contribution in [0.4, 0.5) is 14.5 Å². The third-order valence-corrected chi connectivity index (χ3v) is 4.96. The van der Waals surface area contributed by atoms with Crippen molar-refractivity contribution >= 4 is 29.4 Å². The van der Waals surface area contributed by atoms with Crippen LogP contribution in [0.2, 0.25) is 0 Å². The van der Waals surface area contributed by atoms with Gasteiger partial charge in [0.1, 0.15) is 12.3 Å². The van der Waals surface area contributed by atoms with E-state index in [1.54, 1.807) is 0 Å². The summed E-state index contributed by atoms with van der Waals surface area (Å²) in [6.45, 7) is -4.32. The molecule has 8 nitrogen and oxygen atoms in total. The lowest BCUT2D eigenvalue weighted by atomic mass is 9.81. The number of imide groups is 1. The maximum absolute atomic E-state index is 12.4. The molecule has 1 saturated carbocycles. The summed E-state index contributed by atoms with van der Waals surface area (Å²) in [5.74, 6) is -3.43. The normalized spacial score (nSPS) is 21.1. The van der Waals surface area contributed by atoms with Crippen LogP contribution in [0, 0.1) is 11.8 Å². The first-order chi connectivity index (χ1) is 13.9. The fourth-order valence-electron chi connectivity index (χ4n) is 3.66. The highest BCUT2D eigenvalue weighted by molar-refractivity contribution is 6.07. The molecule has 3 amide bonds. The zero-order valence-corrected chi connectivity index (χ0v) is 15.4. The number of likely N-dealkylation sites (tertiary alicyclic amines) is 1. The van der Waals surface area contributed by atoms with Crippen LogP contribution < -0.4 is 10.1 Å². The molecule has 156 valence electrons. The summed E-state index contributed by atoms with van der Waals surface area (Å²) in [6.07, 6.45) is 3.00.